The van der Waals surface area contributed by atoms with Gasteiger partial charge in [0.25, 0.3) is 11.6 Å². The predicted molar refractivity (Wildman–Crippen MR) is 81.7 cm³/mol. The Hall–Kier alpha value is -3.12. The van der Waals surface area contributed by atoms with Gasteiger partial charge >= 0.3 is 0 Å². The summed E-state index contributed by atoms with van der Waals surface area (Å²) >= 11 is 0. The lowest BCUT2D eigenvalue weighted by molar-refractivity contribution is -0.384. The summed E-state index contributed by atoms with van der Waals surface area (Å²) in [6.45, 7) is 1.73. The molecular formula is C14H16N4O5. The first-order valence-corrected chi connectivity index (χ1v) is 6.54. The van der Waals surface area contributed by atoms with Crippen LogP contribution in [0.15, 0.2) is 30.0 Å². The summed E-state index contributed by atoms with van der Waals surface area (Å²) in [5.74, 6) is -0.612. The van der Waals surface area contributed by atoms with Gasteiger partial charge in [0.2, 0.25) is 0 Å². The van der Waals surface area contributed by atoms with Crippen LogP contribution in [0.4, 0.5) is 11.4 Å². The van der Waals surface area contributed by atoms with Crippen LogP contribution in [-0.4, -0.2) is 35.7 Å². The summed E-state index contributed by atoms with van der Waals surface area (Å²) in [6.07, 6.45) is 0.545. The maximum absolute atomic E-state index is 12.0. The van der Waals surface area contributed by atoms with Crippen LogP contribution < -0.4 is 15.4 Å². The zero-order chi connectivity index (χ0) is 17.4. The third kappa shape index (κ3) is 5.29. The molecular weight excluding hydrogens is 304 g/mol. The largest absolute Gasteiger partial charge is 0.494 e. The Morgan fingerprint density at radius 2 is 2.30 bits per heavy atom. The number of carbonyl (C=O) groups excluding carboxylic acids is 1. The van der Waals surface area contributed by atoms with Crippen molar-refractivity contribution in [3.63, 3.8) is 0 Å². The molecule has 0 fully saturated rings. The van der Waals surface area contributed by atoms with Crippen molar-refractivity contribution in [1.82, 2.24) is 5.32 Å². The Morgan fingerprint density at radius 1 is 1.61 bits per heavy atom. The summed E-state index contributed by atoms with van der Waals surface area (Å²) < 4.78 is 4.99. The molecule has 0 saturated heterocycles. The van der Waals surface area contributed by atoms with E-state index in [9.17, 15) is 14.9 Å². The van der Waals surface area contributed by atoms with E-state index in [-0.39, 0.29) is 29.2 Å². The summed E-state index contributed by atoms with van der Waals surface area (Å²) in [4.78, 5) is 22.1. The molecule has 1 unspecified atom stereocenters. The summed E-state index contributed by atoms with van der Waals surface area (Å²) in [7, 11) is 1.31. The number of aliphatic hydroxyl groups excluding tert-OH is 1. The highest BCUT2D eigenvalue weighted by Gasteiger charge is 2.15. The van der Waals surface area contributed by atoms with Crippen LogP contribution >= 0.6 is 0 Å². The smallest absolute Gasteiger partial charge is 0.273 e. The number of benzene rings is 1. The van der Waals surface area contributed by atoms with Crippen LogP contribution in [0.5, 0.6) is 5.75 Å². The molecule has 0 spiro atoms. The van der Waals surface area contributed by atoms with Crippen molar-refractivity contribution in [3.05, 3.63) is 40.1 Å². The molecule has 1 amide bonds. The number of methoxy groups -OCH3 is 1. The molecule has 23 heavy (non-hydrogen) atoms. The molecule has 1 rings (SSSR count). The molecule has 0 aliphatic rings. The number of aliphatic hydroxyl groups is 1. The van der Waals surface area contributed by atoms with Crippen molar-refractivity contribution in [2.24, 2.45) is 0 Å². The maximum atomic E-state index is 12.0. The molecule has 0 aliphatic heterocycles. The van der Waals surface area contributed by atoms with Gasteiger partial charge < -0.3 is 20.5 Å². The fourth-order valence-corrected chi connectivity index (χ4v) is 1.57. The van der Waals surface area contributed by atoms with Gasteiger partial charge in [0.05, 0.1) is 29.9 Å². The Bertz CT molecular complexity index is 664. The van der Waals surface area contributed by atoms with Gasteiger partial charge in [0.1, 0.15) is 17.4 Å². The number of nitro benzene ring substituents is 1. The van der Waals surface area contributed by atoms with Crippen molar-refractivity contribution in [3.8, 4) is 11.8 Å². The number of amides is 1. The van der Waals surface area contributed by atoms with Crippen molar-refractivity contribution in [2.75, 3.05) is 19.0 Å². The second-order valence-corrected chi connectivity index (χ2v) is 4.52. The minimum Gasteiger partial charge on any atom is -0.494 e. The number of hydrogen-bond donors (Lipinski definition) is 3. The zero-order valence-electron chi connectivity index (χ0n) is 12.6. The fraction of sp³-hybridized carbons (Fsp3) is 0.286. The highest BCUT2D eigenvalue weighted by molar-refractivity contribution is 6.07. The molecule has 1 aromatic carbocycles. The highest BCUT2D eigenvalue weighted by Crippen LogP contribution is 2.29. The van der Waals surface area contributed by atoms with Gasteiger partial charge in [-0.1, -0.05) is 0 Å². The number of ether oxygens (including phenoxy) is 1. The van der Waals surface area contributed by atoms with E-state index in [2.05, 4.69) is 10.6 Å². The average molecular weight is 320 g/mol. The van der Waals surface area contributed by atoms with E-state index in [1.807, 2.05) is 0 Å². The molecule has 9 nitrogen and oxygen atoms in total. The third-order valence-electron chi connectivity index (χ3n) is 2.67. The van der Waals surface area contributed by atoms with E-state index >= 15 is 0 Å². The number of anilines is 1. The maximum Gasteiger partial charge on any atom is 0.273 e. The molecule has 0 aliphatic carbocycles. The molecule has 0 bridgehead atoms. The van der Waals surface area contributed by atoms with Crippen LogP contribution in [0.1, 0.15) is 6.92 Å². The number of non-ortho nitro benzene ring substituents is 1. The van der Waals surface area contributed by atoms with E-state index in [1.165, 1.54) is 25.4 Å². The van der Waals surface area contributed by atoms with Crippen LogP contribution in [0.25, 0.3) is 0 Å². The van der Waals surface area contributed by atoms with Crippen LogP contribution in [0.3, 0.4) is 0 Å². The monoisotopic (exact) mass is 320 g/mol. The first-order valence-electron chi connectivity index (χ1n) is 6.54. The minimum absolute atomic E-state index is 0.0989. The Labute approximate surface area is 132 Å². The number of nitro groups is 1. The topological polar surface area (TPSA) is 138 Å². The predicted octanol–water partition coefficient (Wildman–Crippen LogP) is 0.920. The highest BCUT2D eigenvalue weighted by atomic mass is 16.6. The number of nitrogens with one attached hydrogen (secondary N) is 2. The number of nitrogens with zero attached hydrogens (tertiary/aromatic N) is 2. The Kier molecular flexibility index (Phi) is 6.51. The lowest BCUT2D eigenvalue weighted by Crippen LogP contribution is -2.22. The van der Waals surface area contributed by atoms with E-state index in [1.54, 1.807) is 13.0 Å². The standard InChI is InChI=1S/C14H16N4O5/c1-9(19)7-16-8-10(6-15)14(20)17-12-4-3-11(18(21)22)5-13(12)23-2/h3-5,8-9,16,19H,7H2,1-2H3,(H,17,20)/b10-8-. The second-order valence-electron chi connectivity index (χ2n) is 4.52. The normalized spacial score (nSPS) is 12.0. The quantitative estimate of drug-likeness (QED) is 0.294. The van der Waals surface area contributed by atoms with Gasteiger partial charge in [0.15, 0.2) is 0 Å². The lowest BCUT2D eigenvalue weighted by Gasteiger charge is -2.10. The minimum atomic E-state index is -0.710. The number of hydrogen-bond acceptors (Lipinski definition) is 7. The van der Waals surface area contributed by atoms with Crippen molar-refractivity contribution < 1.29 is 19.6 Å². The molecule has 0 saturated carbocycles. The first-order chi connectivity index (χ1) is 10.9. The Morgan fingerprint density at radius 3 is 2.83 bits per heavy atom. The SMILES string of the molecule is COc1cc([N+](=O)[O-])ccc1NC(=O)/C(C#N)=C\NCC(C)O. The van der Waals surface area contributed by atoms with Crippen molar-refractivity contribution >= 4 is 17.3 Å². The summed E-state index contributed by atoms with van der Waals surface area (Å²) in [5.41, 5.74) is -0.208. The van der Waals surface area contributed by atoms with E-state index in [4.69, 9.17) is 15.1 Å². The first kappa shape index (κ1) is 17.9. The van der Waals surface area contributed by atoms with Crippen LogP contribution in [0.2, 0.25) is 0 Å². The van der Waals surface area contributed by atoms with Crippen LogP contribution in [0, 0.1) is 21.4 Å². The molecule has 122 valence electrons. The van der Waals surface area contributed by atoms with Crippen molar-refractivity contribution in [1.29, 1.82) is 5.26 Å². The molecule has 9 heteroatoms. The molecule has 0 radical (unpaired) electrons. The van der Waals surface area contributed by atoms with E-state index in [0.717, 1.165) is 6.07 Å². The number of rotatable bonds is 7. The van der Waals surface area contributed by atoms with Gasteiger partial charge in [0, 0.05) is 18.8 Å². The van der Waals surface area contributed by atoms with E-state index < -0.39 is 16.9 Å². The molecule has 0 aromatic heterocycles. The molecule has 1 atom stereocenters. The fourth-order valence-electron chi connectivity index (χ4n) is 1.57. The van der Waals surface area contributed by atoms with Gasteiger partial charge in [-0.2, -0.15) is 5.26 Å². The second kappa shape index (κ2) is 8.35. The lowest BCUT2D eigenvalue weighted by atomic mass is 10.2. The number of nitriles is 1. The van der Waals surface area contributed by atoms with Gasteiger partial charge in [-0.15, -0.1) is 0 Å². The van der Waals surface area contributed by atoms with Gasteiger partial charge in [-0.25, -0.2) is 0 Å². The molecule has 3 N–H and O–H groups in total. The van der Waals surface area contributed by atoms with Gasteiger partial charge in [-0.3, -0.25) is 14.9 Å². The summed E-state index contributed by atoms with van der Waals surface area (Å²) in [6, 6.07) is 5.40. The zero-order valence-corrected chi connectivity index (χ0v) is 12.6. The third-order valence-corrected chi connectivity index (χ3v) is 2.67. The average Bonchev–Trinajstić information content (AvgIpc) is 2.51. The van der Waals surface area contributed by atoms with Gasteiger partial charge in [-0.05, 0) is 13.0 Å². The number of carbonyl (C=O) groups is 1. The molecule has 1 aromatic rings. The summed E-state index contributed by atoms with van der Waals surface area (Å²) in [5, 5.41) is 33.9. The molecule has 0 heterocycles. The van der Waals surface area contributed by atoms with Crippen molar-refractivity contribution in [2.45, 2.75) is 13.0 Å². The van der Waals surface area contributed by atoms with E-state index in [0.29, 0.717) is 0 Å². The Balaban J connectivity index is 2.91. The van der Waals surface area contributed by atoms with Crippen LogP contribution in [-0.2, 0) is 4.79 Å².